The summed E-state index contributed by atoms with van der Waals surface area (Å²) in [6.07, 6.45) is 18.1. The summed E-state index contributed by atoms with van der Waals surface area (Å²) in [6.45, 7) is 2.27. The molecule has 3 aromatic rings. The van der Waals surface area contributed by atoms with Gasteiger partial charge in [0.1, 0.15) is 16.7 Å². The third-order valence-electron chi connectivity index (χ3n) is 8.51. The minimum absolute atomic E-state index is 0.447. The highest BCUT2D eigenvalue weighted by Gasteiger charge is 2.21. The SMILES string of the molecule is CCCCCCCc1ccc(CC[C@H]2CC[C@H](CCc3ccc(-c4cc(F)c(Cl)c(F)c4)cc3)CC2)cc1. The van der Waals surface area contributed by atoms with Gasteiger partial charge in [0.2, 0.25) is 0 Å². The summed E-state index contributed by atoms with van der Waals surface area (Å²) in [7, 11) is 0. The maximum Gasteiger partial charge on any atom is 0.145 e. The molecule has 0 aliphatic heterocycles. The van der Waals surface area contributed by atoms with E-state index in [1.807, 2.05) is 12.1 Å². The lowest BCUT2D eigenvalue weighted by Gasteiger charge is -2.28. The molecule has 0 amide bonds. The van der Waals surface area contributed by atoms with Crippen LogP contribution in [0.5, 0.6) is 0 Å². The van der Waals surface area contributed by atoms with Crippen molar-refractivity contribution in [2.45, 2.75) is 96.8 Å². The van der Waals surface area contributed by atoms with Gasteiger partial charge < -0.3 is 0 Å². The van der Waals surface area contributed by atoms with E-state index in [4.69, 9.17) is 11.6 Å². The first-order valence-electron chi connectivity index (χ1n) is 14.8. The zero-order valence-corrected chi connectivity index (χ0v) is 23.7. The smallest absolute Gasteiger partial charge is 0.145 e. The maximum absolute atomic E-state index is 13.8. The monoisotopic (exact) mass is 536 g/mol. The predicted octanol–water partition coefficient (Wildman–Crippen LogP) is 11.2. The van der Waals surface area contributed by atoms with E-state index >= 15 is 0 Å². The second kappa shape index (κ2) is 14.8. The Labute approximate surface area is 233 Å². The van der Waals surface area contributed by atoms with Gasteiger partial charge in [-0.25, -0.2) is 8.78 Å². The molecular formula is C35H43ClF2. The molecule has 0 bridgehead atoms. The van der Waals surface area contributed by atoms with Crippen LogP contribution in [0.15, 0.2) is 60.7 Å². The summed E-state index contributed by atoms with van der Waals surface area (Å²) in [4.78, 5) is 0. The first kappa shape index (κ1) is 28.8. The fraction of sp³-hybridized carbons (Fsp3) is 0.486. The molecule has 204 valence electrons. The molecule has 0 spiro atoms. The van der Waals surface area contributed by atoms with Crippen molar-refractivity contribution in [2.24, 2.45) is 11.8 Å². The normalized spacial score (nSPS) is 17.6. The lowest BCUT2D eigenvalue weighted by atomic mass is 9.77. The van der Waals surface area contributed by atoms with Gasteiger partial charge in [-0.05, 0) is 90.3 Å². The first-order chi connectivity index (χ1) is 18.5. The van der Waals surface area contributed by atoms with Gasteiger partial charge in [-0.1, -0.05) is 118 Å². The molecule has 0 radical (unpaired) electrons. The maximum atomic E-state index is 13.8. The summed E-state index contributed by atoms with van der Waals surface area (Å²) in [6, 6.07) is 20.1. The third-order valence-corrected chi connectivity index (χ3v) is 8.87. The molecule has 3 heteroatoms. The minimum atomic E-state index is -0.720. The Morgan fingerprint density at radius 1 is 0.605 bits per heavy atom. The molecule has 0 nitrogen and oxygen atoms in total. The van der Waals surface area contributed by atoms with Crippen molar-refractivity contribution < 1.29 is 8.78 Å². The molecule has 0 atom stereocenters. The number of benzene rings is 3. The molecule has 0 N–H and O–H groups in total. The van der Waals surface area contributed by atoms with Crippen LogP contribution in [0, 0.1) is 23.5 Å². The Morgan fingerprint density at radius 2 is 1.05 bits per heavy atom. The van der Waals surface area contributed by atoms with Crippen molar-refractivity contribution in [1.82, 2.24) is 0 Å². The van der Waals surface area contributed by atoms with E-state index in [0.717, 1.165) is 23.8 Å². The van der Waals surface area contributed by atoms with Crippen molar-refractivity contribution in [3.8, 4) is 11.1 Å². The van der Waals surface area contributed by atoms with Crippen LogP contribution in [-0.2, 0) is 19.3 Å². The van der Waals surface area contributed by atoms with Crippen molar-refractivity contribution in [2.75, 3.05) is 0 Å². The van der Waals surface area contributed by atoms with Gasteiger partial charge in [-0.3, -0.25) is 0 Å². The van der Waals surface area contributed by atoms with Crippen LogP contribution in [0.4, 0.5) is 8.78 Å². The number of aryl methyl sites for hydroxylation is 3. The van der Waals surface area contributed by atoms with Crippen molar-refractivity contribution in [3.63, 3.8) is 0 Å². The molecule has 0 aromatic heterocycles. The molecule has 1 fully saturated rings. The molecule has 0 heterocycles. The molecule has 0 saturated heterocycles. The molecule has 1 aliphatic rings. The van der Waals surface area contributed by atoms with Gasteiger partial charge in [-0.15, -0.1) is 0 Å². The number of hydrogen-bond donors (Lipinski definition) is 0. The van der Waals surface area contributed by atoms with Crippen LogP contribution < -0.4 is 0 Å². The van der Waals surface area contributed by atoms with E-state index in [2.05, 4.69) is 43.3 Å². The lowest BCUT2D eigenvalue weighted by Crippen LogP contribution is -2.15. The van der Waals surface area contributed by atoms with Crippen LogP contribution in [0.3, 0.4) is 0 Å². The van der Waals surface area contributed by atoms with Gasteiger partial charge in [0, 0.05) is 0 Å². The number of unbranched alkanes of at least 4 members (excludes halogenated alkanes) is 4. The summed E-state index contributed by atoms with van der Waals surface area (Å²) in [5, 5.41) is -0.447. The molecule has 1 saturated carbocycles. The van der Waals surface area contributed by atoms with Crippen LogP contribution in [0.1, 0.15) is 94.2 Å². The second-order valence-corrected chi connectivity index (χ2v) is 11.8. The van der Waals surface area contributed by atoms with Gasteiger partial charge in [0.15, 0.2) is 0 Å². The number of rotatable bonds is 13. The Kier molecular flexibility index (Phi) is 11.2. The zero-order chi connectivity index (χ0) is 26.7. The van der Waals surface area contributed by atoms with E-state index in [1.165, 1.54) is 112 Å². The van der Waals surface area contributed by atoms with Gasteiger partial charge in [0.05, 0.1) is 0 Å². The highest BCUT2D eigenvalue weighted by molar-refractivity contribution is 6.31. The van der Waals surface area contributed by atoms with E-state index in [-0.39, 0.29) is 0 Å². The van der Waals surface area contributed by atoms with Gasteiger partial charge >= 0.3 is 0 Å². The molecule has 38 heavy (non-hydrogen) atoms. The van der Waals surface area contributed by atoms with Crippen LogP contribution in [0.2, 0.25) is 5.02 Å². The molecule has 3 aromatic carbocycles. The zero-order valence-electron chi connectivity index (χ0n) is 23.0. The van der Waals surface area contributed by atoms with Crippen molar-refractivity contribution >= 4 is 11.6 Å². The summed E-state index contributed by atoms with van der Waals surface area (Å²) < 4.78 is 27.6. The summed E-state index contributed by atoms with van der Waals surface area (Å²) in [5.41, 5.74) is 5.60. The largest absolute Gasteiger partial charge is 0.205 e. The molecular weight excluding hydrogens is 494 g/mol. The van der Waals surface area contributed by atoms with E-state index < -0.39 is 16.7 Å². The minimum Gasteiger partial charge on any atom is -0.205 e. The molecule has 0 unspecified atom stereocenters. The van der Waals surface area contributed by atoms with Crippen LogP contribution in [-0.4, -0.2) is 0 Å². The number of halogens is 3. The molecule has 4 rings (SSSR count). The predicted molar refractivity (Wildman–Crippen MR) is 158 cm³/mol. The fourth-order valence-corrected chi connectivity index (χ4v) is 6.05. The van der Waals surface area contributed by atoms with Gasteiger partial charge in [-0.2, -0.15) is 0 Å². The Hall–Kier alpha value is -2.19. The Morgan fingerprint density at radius 3 is 1.55 bits per heavy atom. The van der Waals surface area contributed by atoms with E-state index in [9.17, 15) is 8.78 Å². The third kappa shape index (κ3) is 8.67. The van der Waals surface area contributed by atoms with Crippen molar-refractivity contribution in [3.05, 3.63) is 94.0 Å². The number of hydrogen-bond acceptors (Lipinski definition) is 0. The first-order valence-corrected chi connectivity index (χ1v) is 15.2. The average molecular weight is 537 g/mol. The lowest BCUT2D eigenvalue weighted by molar-refractivity contribution is 0.253. The summed E-state index contributed by atoms with van der Waals surface area (Å²) >= 11 is 5.61. The van der Waals surface area contributed by atoms with E-state index in [0.29, 0.717) is 5.56 Å². The Balaban J connectivity index is 1.14. The quantitative estimate of drug-likeness (QED) is 0.150. The fourth-order valence-electron chi connectivity index (χ4n) is 5.94. The van der Waals surface area contributed by atoms with Crippen molar-refractivity contribution in [1.29, 1.82) is 0 Å². The van der Waals surface area contributed by atoms with Gasteiger partial charge in [0.25, 0.3) is 0 Å². The topological polar surface area (TPSA) is 0 Å². The second-order valence-electron chi connectivity index (χ2n) is 11.4. The molecule has 1 aliphatic carbocycles. The van der Waals surface area contributed by atoms with Crippen LogP contribution >= 0.6 is 11.6 Å². The van der Waals surface area contributed by atoms with E-state index in [1.54, 1.807) is 0 Å². The highest BCUT2D eigenvalue weighted by Crippen LogP contribution is 2.34. The standard InChI is InChI=1S/C35H43ClF2/c1-2-3-4-5-6-7-26-8-10-27(11-9-26)12-13-28-14-16-29(17-15-28)18-19-30-20-22-31(23-21-30)32-24-33(37)35(36)34(38)25-32/h8-11,20-25,28-29H,2-7,12-19H2,1H3/t28-,29-. The average Bonchev–Trinajstić information content (AvgIpc) is 2.95. The summed E-state index contributed by atoms with van der Waals surface area (Å²) in [5.74, 6) is 0.233. The highest BCUT2D eigenvalue weighted by atomic mass is 35.5. The van der Waals surface area contributed by atoms with Crippen LogP contribution in [0.25, 0.3) is 11.1 Å². The Bertz CT molecular complexity index is 1090.